The molecule has 5 aromatic rings. The van der Waals surface area contributed by atoms with E-state index in [1.165, 1.54) is 5.57 Å². The summed E-state index contributed by atoms with van der Waals surface area (Å²) in [4.78, 5) is 31.4. The average Bonchev–Trinajstić information content (AvgIpc) is 3.51. The molecule has 5 aromatic carbocycles. The predicted octanol–water partition coefficient (Wildman–Crippen LogP) is 9.91. The molecule has 2 N–H and O–H groups in total. The molecular weight excluding hydrogens is 735 g/mol. The van der Waals surface area contributed by atoms with Gasteiger partial charge in [-0.05, 0) is 109 Å². The number of carbonyl (C=O) groups excluding carboxylic acids is 2. The minimum absolute atomic E-state index is 0.0766. The lowest BCUT2D eigenvalue weighted by Crippen LogP contribution is -2.53. The molecule has 7 heteroatoms. The third kappa shape index (κ3) is 9.07. The minimum atomic E-state index is -1.28. The van der Waals surface area contributed by atoms with Crippen LogP contribution in [0, 0.1) is 5.41 Å². The Morgan fingerprint density at radius 2 is 1.49 bits per heavy atom. The van der Waals surface area contributed by atoms with Crippen molar-refractivity contribution in [2.75, 3.05) is 20.8 Å². The molecule has 1 fully saturated rings. The number of rotatable bonds is 11. The molecule has 3 aliphatic carbocycles. The first-order valence-corrected chi connectivity index (χ1v) is 20.9. The molecule has 306 valence electrons. The minimum Gasteiger partial charge on any atom is -0.493 e. The van der Waals surface area contributed by atoms with Crippen LogP contribution in [0.25, 0.3) is 11.1 Å². The second-order valence-corrected chi connectivity index (χ2v) is 16.8. The lowest BCUT2D eigenvalue weighted by Gasteiger charge is -2.46. The van der Waals surface area contributed by atoms with Crippen LogP contribution in [0.5, 0.6) is 11.5 Å². The van der Waals surface area contributed by atoms with Crippen LogP contribution in [-0.4, -0.2) is 59.3 Å². The van der Waals surface area contributed by atoms with Crippen molar-refractivity contribution in [2.45, 2.75) is 89.4 Å². The Morgan fingerprint density at radius 1 is 0.780 bits per heavy atom. The zero-order valence-electron chi connectivity index (χ0n) is 34.8. The number of aliphatic hydroxyl groups excluding tert-OH is 1. The molecular formula is C52H57NO6. The zero-order valence-corrected chi connectivity index (χ0v) is 34.8. The van der Waals surface area contributed by atoms with Crippen molar-refractivity contribution in [3.63, 3.8) is 0 Å². The highest BCUT2D eigenvalue weighted by atomic mass is 16.5. The van der Waals surface area contributed by atoms with E-state index in [9.17, 15) is 15.0 Å². The first-order chi connectivity index (χ1) is 28.5. The van der Waals surface area contributed by atoms with Crippen LogP contribution >= 0.6 is 0 Å². The molecule has 1 amide bonds. The number of nitrogens with zero attached hydrogens (tertiary/aromatic N) is 1. The summed E-state index contributed by atoms with van der Waals surface area (Å²) < 4.78 is 11.0. The highest BCUT2D eigenvalue weighted by molar-refractivity contribution is 6.13. The van der Waals surface area contributed by atoms with E-state index in [1.54, 1.807) is 14.2 Å². The molecule has 0 radical (unpaired) electrons. The van der Waals surface area contributed by atoms with Crippen LogP contribution in [0.15, 0.2) is 133 Å². The number of amides is 1. The lowest BCUT2D eigenvalue weighted by molar-refractivity contribution is -0.140. The number of fused-ring (bicyclic) bond motifs is 8. The maximum atomic E-state index is 15.1. The van der Waals surface area contributed by atoms with E-state index in [0.717, 1.165) is 39.8 Å². The van der Waals surface area contributed by atoms with E-state index < -0.39 is 17.1 Å². The fourth-order valence-electron chi connectivity index (χ4n) is 9.52. The highest BCUT2D eigenvalue weighted by Crippen LogP contribution is 2.59. The fourth-order valence-corrected chi connectivity index (χ4v) is 9.52. The van der Waals surface area contributed by atoms with Crippen molar-refractivity contribution in [3.8, 4) is 22.6 Å². The molecule has 1 saturated carbocycles. The van der Waals surface area contributed by atoms with Gasteiger partial charge in [0, 0.05) is 23.1 Å². The lowest BCUT2D eigenvalue weighted by atomic mass is 9.64. The second kappa shape index (κ2) is 18.2. The summed E-state index contributed by atoms with van der Waals surface area (Å²) in [6, 6.07) is 39.3. The number of carbonyl (C=O) groups is 2. The molecule has 0 aliphatic heterocycles. The summed E-state index contributed by atoms with van der Waals surface area (Å²) in [7, 11) is 3.17. The van der Waals surface area contributed by atoms with E-state index in [-0.39, 0.29) is 30.6 Å². The van der Waals surface area contributed by atoms with Crippen LogP contribution in [-0.2, 0) is 24.2 Å². The number of aliphatic hydroxyl groups is 2. The number of methoxy groups -OCH3 is 2. The summed E-state index contributed by atoms with van der Waals surface area (Å²) in [6.45, 7) is 4.76. The van der Waals surface area contributed by atoms with Gasteiger partial charge in [0.1, 0.15) is 0 Å². The number of ether oxygens (including phenoxy) is 2. The molecule has 4 atom stereocenters. The van der Waals surface area contributed by atoms with Gasteiger partial charge in [0.15, 0.2) is 17.3 Å². The monoisotopic (exact) mass is 791 g/mol. The third-order valence-corrected chi connectivity index (χ3v) is 13.0. The SMILES string of the molecule is COc1ccc(CC(=O)N(Cc2ccccc2)CC2(O)CCC3c4ccc(cc4C(=O)c4ccccc4-c4ccccc4)CC(O)CCC(C)=CCCC32C)cc1OC. The topological polar surface area (TPSA) is 96.3 Å². The van der Waals surface area contributed by atoms with Gasteiger partial charge in [-0.25, -0.2) is 0 Å². The molecule has 8 rings (SSSR count). The van der Waals surface area contributed by atoms with Crippen molar-refractivity contribution in [2.24, 2.45) is 5.41 Å². The Balaban J connectivity index is 1.30. The molecule has 0 heterocycles. The summed E-state index contributed by atoms with van der Waals surface area (Å²) in [6.07, 6.45) is 6.10. The molecule has 0 aromatic heterocycles. The van der Waals surface area contributed by atoms with Gasteiger partial charge in [-0.3, -0.25) is 9.59 Å². The molecule has 2 bridgehead atoms. The van der Waals surface area contributed by atoms with Crippen LogP contribution in [0.4, 0.5) is 0 Å². The van der Waals surface area contributed by atoms with Crippen LogP contribution in [0.1, 0.15) is 96.5 Å². The van der Waals surface area contributed by atoms with Gasteiger partial charge in [-0.2, -0.15) is 0 Å². The van der Waals surface area contributed by atoms with Crippen molar-refractivity contribution in [1.29, 1.82) is 0 Å². The number of ketones is 1. The van der Waals surface area contributed by atoms with Gasteiger partial charge in [-0.1, -0.05) is 122 Å². The van der Waals surface area contributed by atoms with E-state index in [1.807, 2.05) is 114 Å². The molecule has 3 aliphatic rings. The summed E-state index contributed by atoms with van der Waals surface area (Å²) in [5.41, 5.74) is 5.82. The largest absolute Gasteiger partial charge is 0.493 e. The van der Waals surface area contributed by atoms with Gasteiger partial charge in [0.2, 0.25) is 5.91 Å². The standard InChI is InChI=1S/C52H57NO6/c1-36-14-13-28-51(2)46(27-29-52(51,57)35-53(34-37-15-7-5-8-16-37)49(55)33-39-23-26-47(58-3)48(32-39)59-4)43-25-22-38(30-41(54)24-21-36)31-45(43)50(56)44-20-12-11-19-42(44)40-17-9-6-10-18-40/h5-12,14-20,22-23,25-26,31-32,41,46,54,57H,13,21,24,27-30,33-35H2,1-4H3. The Kier molecular flexibility index (Phi) is 12.8. The summed E-state index contributed by atoms with van der Waals surface area (Å²) >= 11 is 0. The first kappa shape index (κ1) is 41.7. The summed E-state index contributed by atoms with van der Waals surface area (Å²) in [5, 5.41) is 24.4. The summed E-state index contributed by atoms with van der Waals surface area (Å²) in [5.74, 6) is 0.775. The van der Waals surface area contributed by atoms with Gasteiger partial charge < -0.3 is 24.6 Å². The Hall–Kier alpha value is -5.50. The van der Waals surface area contributed by atoms with Crippen molar-refractivity contribution >= 4 is 11.7 Å². The smallest absolute Gasteiger partial charge is 0.227 e. The molecule has 4 unspecified atom stereocenters. The Morgan fingerprint density at radius 3 is 2.24 bits per heavy atom. The highest BCUT2D eigenvalue weighted by Gasteiger charge is 2.57. The van der Waals surface area contributed by atoms with Crippen LogP contribution < -0.4 is 9.47 Å². The molecule has 0 spiro atoms. The van der Waals surface area contributed by atoms with Crippen LogP contribution in [0.3, 0.4) is 0 Å². The number of hydrogen-bond acceptors (Lipinski definition) is 6. The Labute approximate surface area is 349 Å². The van der Waals surface area contributed by atoms with Crippen molar-refractivity contribution in [1.82, 2.24) is 4.90 Å². The van der Waals surface area contributed by atoms with E-state index in [4.69, 9.17) is 9.47 Å². The number of allylic oxidation sites excluding steroid dienone is 2. The van der Waals surface area contributed by atoms with Gasteiger partial charge in [-0.15, -0.1) is 0 Å². The fraction of sp³-hybridized carbons (Fsp3) is 0.346. The van der Waals surface area contributed by atoms with Gasteiger partial charge >= 0.3 is 0 Å². The maximum Gasteiger partial charge on any atom is 0.227 e. The maximum absolute atomic E-state index is 15.1. The quantitative estimate of drug-likeness (QED) is 0.102. The second-order valence-electron chi connectivity index (χ2n) is 16.8. The molecule has 0 saturated heterocycles. The number of benzene rings is 5. The number of hydrogen-bond donors (Lipinski definition) is 2. The average molecular weight is 792 g/mol. The predicted molar refractivity (Wildman–Crippen MR) is 234 cm³/mol. The Bertz CT molecular complexity index is 2290. The third-order valence-electron chi connectivity index (χ3n) is 13.0. The van der Waals surface area contributed by atoms with Crippen molar-refractivity contribution < 1.29 is 29.3 Å². The zero-order chi connectivity index (χ0) is 41.6. The van der Waals surface area contributed by atoms with Crippen LogP contribution in [0.2, 0.25) is 0 Å². The van der Waals surface area contributed by atoms with E-state index in [0.29, 0.717) is 67.7 Å². The van der Waals surface area contributed by atoms with E-state index >= 15 is 4.79 Å². The molecule has 7 nitrogen and oxygen atoms in total. The molecule has 59 heavy (non-hydrogen) atoms. The normalized spacial score (nSPS) is 21.8. The first-order valence-electron chi connectivity index (χ1n) is 20.9. The van der Waals surface area contributed by atoms with E-state index in [2.05, 4.69) is 32.1 Å². The van der Waals surface area contributed by atoms with Gasteiger partial charge in [0.05, 0.1) is 38.9 Å². The van der Waals surface area contributed by atoms with Crippen molar-refractivity contribution in [3.05, 3.63) is 166 Å². The van der Waals surface area contributed by atoms with Gasteiger partial charge in [0.25, 0.3) is 0 Å².